The maximum absolute atomic E-state index is 13.7. The lowest BCUT2D eigenvalue weighted by Gasteiger charge is -2.43. The predicted molar refractivity (Wildman–Crippen MR) is 121 cm³/mol. The molecule has 2 aliphatic rings. The first-order chi connectivity index (χ1) is 15.5. The van der Waals surface area contributed by atoms with Gasteiger partial charge in [-0.15, -0.1) is 0 Å². The van der Waals surface area contributed by atoms with Crippen LogP contribution in [0.25, 0.3) is 0 Å². The average Bonchev–Trinajstić information content (AvgIpc) is 2.84. The van der Waals surface area contributed by atoms with E-state index in [1.54, 1.807) is 17.0 Å². The van der Waals surface area contributed by atoms with Gasteiger partial charge in [-0.3, -0.25) is 9.59 Å². The van der Waals surface area contributed by atoms with E-state index in [0.717, 1.165) is 44.5 Å². The number of para-hydroxylation sites is 1. The second kappa shape index (κ2) is 10.2. The van der Waals surface area contributed by atoms with Gasteiger partial charge in [0.15, 0.2) is 0 Å². The highest BCUT2D eigenvalue weighted by Gasteiger charge is 2.41. The van der Waals surface area contributed by atoms with E-state index < -0.39 is 11.2 Å². The van der Waals surface area contributed by atoms with Gasteiger partial charge >= 0.3 is 0 Å². The molecule has 170 valence electrons. The Morgan fingerprint density at radius 1 is 0.906 bits per heavy atom. The molecule has 2 fully saturated rings. The second-order valence-electron chi connectivity index (χ2n) is 9.06. The standard InChI is InChI=1S/C26H31FN2O3/c27-22-10-7-9-21(17-22)25(31)29-16-8-13-26(19-29,20-32-23-11-3-1-4-12-23)18-24(30)28-14-5-2-6-15-28/h1,3-4,7,9-12,17H,2,5-6,8,13-16,18-20H2/t26-/m0/s1. The minimum Gasteiger partial charge on any atom is -0.493 e. The number of rotatable bonds is 6. The number of hydrogen-bond donors (Lipinski definition) is 0. The highest BCUT2D eigenvalue weighted by atomic mass is 19.1. The molecule has 0 bridgehead atoms. The summed E-state index contributed by atoms with van der Waals surface area (Å²) >= 11 is 0. The van der Waals surface area contributed by atoms with Gasteiger partial charge in [0.05, 0.1) is 6.61 Å². The van der Waals surface area contributed by atoms with Crippen molar-refractivity contribution in [3.63, 3.8) is 0 Å². The average molecular weight is 439 g/mol. The van der Waals surface area contributed by atoms with E-state index in [4.69, 9.17) is 4.74 Å². The van der Waals surface area contributed by atoms with E-state index in [2.05, 4.69) is 0 Å². The van der Waals surface area contributed by atoms with Crippen molar-refractivity contribution in [1.82, 2.24) is 9.80 Å². The molecule has 2 saturated heterocycles. The molecule has 2 heterocycles. The molecule has 0 radical (unpaired) electrons. The molecule has 2 aliphatic heterocycles. The second-order valence-corrected chi connectivity index (χ2v) is 9.06. The van der Waals surface area contributed by atoms with E-state index in [1.165, 1.54) is 18.6 Å². The fourth-order valence-electron chi connectivity index (χ4n) is 4.83. The quantitative estimate of drug-likeness (QED) is 0.666. The summed E-state index contributed by atoms with van der Waals surface area (Å²) in [5, 5.41) is 0. The molecular weight excluding hydrogens is 407 g/mol. The third-order valence-electron chi connectivity index (χ3n) is 6.54. The van der Waals surface area contributed by atoms with Crippen LogP contribution in [0, 0.1) is 11.2 Å². The minimum atomic E-state index is -0.467. The third-order valence-corrected chi connectivity index (χ3v) is 6.54. The summed E-state index contributed by atoms with van der Waals surface area (Å²) in [4.78, 5) is 30.0. The Balaban J connectivity index is 1.52. The fourth-order valence-corrected chi connectivity index (χ4v) is 4.83. The first-order valence-electron chi connectivity index (χ1n) is 11.6. The van der Waals surface area contributed by atoms with Crippen LogP contribution in [0.15, 0.2) is 54.6 Å². The number of hydrogen-bond acceptors (Lipinski definition) is 3. The number of halogens is 1. The highest BCUT2D eigenvalue weighted by molar-refractivity contribution is 5.94. The Morgan fingerprint density at radius 3 is 2.41 bits per heavy atom. The fraction of sp³-hybridized carbons (Fsp3) is 0.462. The van der Waals surface area contributed by atoms with E-state index in [-0.39, 0.29) is 11.8 Å². The lowest BCUT2D eigenvalue weighted by molar-refractivity contribution is -0.136. The van der Waals surface area contributed by atoms with Crippen LogP contribution in [0.3, 0.4) is 0 Å². The van der Waals surface area contributed by atoms with Crippen LogP contribution >= 0.6 is 0 Å². The van der Waals surface area contributed by atoms with E-state index in [0.29, 0.717) is 31.7 Å². The zero-order valence-electron chi connectivity index (χ0n) is 18.5. The zero-order chi connectivity index (χ0) is 22.4. The lowest BCUT2D eigenvalue weighted by atomic mass is 9.77. The van der Waals surface area contributed by atoms with Gasteiger partial charge in [-0.25, -0.2) is 4.39 Å². The van der Waals surface area contributed by atoms with Crippen molar-refractivity contribution in [2.45, 2.75) is 38.5 Å². The largest absolute Gasteiger partial charge is 0.493 e. The topological polar surface area (TPSA) is 49.9 Å². The van der Waals surface area contributed by atoms with Crippen LogP contribution in [-0.2, 0) is 4.79 Å². The van der Waals surface area contributed by atoms with Crippen LogP contribution in [0.4, 0.5) is 4.39 Å². The molecule has 0 N–H and O–H groups in total. The first-order valence-corrected chi connectivity index (χ1v) is 11.6. The van der Waals surface area contributed by atoms with E-state index in [9.17, 15) is 14.0 Å². The van der Waals surface area contributed by atoms with Crippen LogP contribution in [0.2, 0.25) is 0 Å². The summed E-state index contributed by atoms with van der Waals surface area (Å²) in [6.45, 7) is 3.00. The molecule has 5 nitrogen and oxygen atoms in total. The van der Waals surface area contributed by atoms with Gasteiger partial charge in [0.25, 0.3) is 5.91 Å². The Bertz CT molecular complexity index is 930. The molecule has 0 saturated carbocycles. The van der Waals surface area contributed by atoms with Crippen molar-refractivity contribution < 1.29 is 18.7 Å². The Kier molecular flexibility index (Phi) is 7.08. The Labute approximate surface area is 189 Å². The summed E-state index contributed by atoms with van der Waals surface area (Å²) < 4.78 is 19.8. The van der Waals surface area contributed by atoms with Gasteiger partial charge < -0.3 is 14.5 Å². The number of carbonyl (C=O) groups is 2. The van der Waals surface area contributed by atoms with Gasteiger partial charge in [0, 0.05) is 43.6 Å². The van der Waals surface area contributed by atoms with E-state index in [1.807, 2.05) is 35.2 Å². The molecule has 6 heteroatoms. The van der Waals surface area contributed by atoms with Crippen LogP contribution in [0.1, 0.15) is 48.9 Å². The zero-order valence-corrected chi connectivity index (χ0v) is 18.5. The highest BCUT2D eigenvalue weighted by Crippen LogP contribution is 2.36. The molecule has 0 unspecified atom stereocenters. The van der Waals surface area contributed by atoms with Gasteiger partial charge in [0.2, 0.25) is 5.91 Å². The van der Waals surface area contributed by atoms with Gasteiger partial charge in [-0.2, -0.15) is 0 Å². The van der Waals surface area contributed by atoms with Crippen LogP contribution in [-0.4, -0.2) is 54.4 Å². The summed E-state index contributed by atoms with van der Waals surface area (Å²) in [5.41, 5.74) is -0.127. The van der Waals surface area contributed by atoms with Crippen molar-refractivity contribution in [3.8, 4) is 5.75 Å². The first kappa shape index (κ1) is 22.3. The monoisotopic (exact) mass is 438 g/mol. The van der Waals surface area contributed by atoms with Crippen molar-refractivity contribution in [3.05, 3.63) is 66.0 Å². The SMILES string of the molecule is O=C(C[C@@]1(COc2ccccc2)CCCN(C(=O)c2cccc(F)c2)C1)N1CCCCC1. The number of nitrogens with zero attached hydrogens (tertiary/aromatic N) is 2. The molecule has 2 amide bonds. The molecular formula is C26H31FN2O3. The molecule has 1 atom stereocenters. The summed E-state index contributed by atoms with van der Waals surface area (Å²) in [7, 11) is 0. The van der Waals surface area contributed by atoms with E-state index >= 15 is 0 Å². The molecule has 0 aliphatic carbocycles. The van der Waals surface area contributed by atoms with Crippen molar-refractivity contribution in [2.75, 3.05) is 32.8 Å². The van der Waals surface area contributed by atoms with Gasteiger partial charge in [-0.05, 0) is 62.4 Å². The summed E-state index contributed by atoms with van der Waals surface area (Å²) in [6, 6.07) is 15.4. The molecule has 4 rings (SSSR count). The molecule has 2 aromatic rings. The maximum atomic E-state index is 13.7. The summed E-state index contributed by atoms with van der Waals surface area (Å²) in [5.74, 6) is 0.276. The third kappa shape index (κ3) is 5.47. The smallest absolute Gasteiger partial charge is 0.253 e. The molecule has 0 aromatic heterocycles. The number of carbonyl (C=O) groups excluding carboxylic acids is 2. The number of likely N-dealkylation sites (tertiary alicyclic amines) is 2. The normalized spacial score (nSPS) is 21.3. The lowest BCUT2D eigenvalue weighted by Crippen LogP contribution is -2.51. The minimum absolute atomic E-state index is 0.140. The Hall–Kier alpha value is -2.89. The van der Waals surface area contributed by atoms with Gasteiger partial charge in [0.1, 0.15) is 11.6 Å². The number of ether oxygens (including phenoxy) is 1. The summed E-state index contributed by atoms with van der Waals surface area (Å²) in [6.07, 6.45) is 5.21. The number of piperidine rings is 2. The van der Waals surface area contributed by atoms with Crippen LogP contribution < -0.4 is 4.74 Å². The number of amides is 2. The maximum Gasteiger partial charge on any atom is 0.253 e. The predicted octanol–water partition coefficient (Wildman–Crippen LogP) is 4.53. The molecule has 0 spiro atoms. The van der Waals surface area contributed by atoms with Gasteiger partial charge in [-0.1, -0.05) is 24.3 Å². The van der Waals surface area contributed by atoms with Crippen molar-refractivity contribution >= 4 is 11.8 Å². The van der Waals surface area contributed by atoms with Crippen molar-refractivity contribution in [2.24, 2.45) is 5.41 Å². The molecule has 2 aromatic carbocycles. The Morgan fingerprint density at radius 2 is 1.66 bits per heavy atom. The number of benzene rings is 2. The van der Waals surface area contributed by atoms with Crippen molar-refractivity contribution in [1.29, 1.82) is 0 Å². The molecule has 32 heavy (non-hydrogen) atoms. The van der Waals surface area contributed by atoms with Crippen LogP contribution in [0.5, 0.6) is 5.75 Å².